The second kappa shape index (κ2) is 10.6. The second-order valence-electron chi connectivity index (χ2n) is 6.99. The number of likely N-dealkylation sites (tertiary alicyclic amines) is 1. The van der Waals surface area contributed by atoms with E-state index in [0.29, 0.717) is 44.8 Å². The van der Waals surface area contributed by atoms with Crippen molar-refractivity contribution in [2.45, 2.75) is 45.6 Å². The molecule has 9 heteroatoms. The molecule has 1 aromatic heterocycles. The molecular weight excluding hydrogens is 459 g/mol. The smallest absolute Gasteiger partial charge is 0.229 e. The lowest BCUT2D eigenvalue weighted by atomic mass is 10.1. The van der Waals surface area contributed by atoms with Gasteiger partial charge in [-0.1, -0.05) is 13.8 Å². The van der Waals surface area contributed by atoms with Crippen LogP contribution in [0.4, 0.5) is 0 Å². The van der Waals surface area contributed by atoms with Crippen LogP contribution in [0, 0.1) is 0 Å². The Morgan fingerprint density at radius 1 is 1.33 bits per heavy atom. The number of nitrogens with one attached hydrogen (secondary N) is 1. The Kier molecular flexibility index (Phi) is 9.20. The number of carbonyl (C=O) groups excluding carboxylic acids is 2. The summed E-state index contributed by atoms with van der Waals surface area (Å²) in [6.45, 7) is 5.80. The van der Waals surface area contributed by atoms with E-state index in [0.717, 1.165) is 17.2 Å². The average Bonchev–Trinajstić information content (AvgIpc) is 2.94. The van der Waals surface area contributed by atoms with E-state index < -0.39 is 0 Å². The first-order valence-electron chi connectivity index (χ1n) is 9.10. The van der Waals surface area contributed by atoms with Crippen LogP contribution >= 0.6 is 24.0 Å². The fourth-order valence-corrected chi connectivity index (χ4v) is 3.21. The molecule has 1 saturated heterocycles. The molecule has 1 aliphatic heterocycles. The molecule has 1 aromatic rings. The number of aliphatic imine (C=N–C) groups is 1. The van der Waals surface area contributed by atoms with Crippen LogP contribution in [0.1, 0.15) is 50.3 Å². The van der Waals surface area contributed by atoms with Gasteiger partial charge < -0.3 is 10.2 Å². The Hall–Kier alpha value is -1.65. The third-order valence-corrected chi connectivity index (χ3v) is 4.47. The van der Waals surface area contributed by atoms with Gasteiger partial charge in [-0.2, -0.15) is 5.10 Å². The van der Waals surface area contributed by atoms with Crippen LogP contribution in [0.2, 0.25) is 0 Å². The first-order chi connectivity index (χ1) is 12.3. The predicted octanol–water partition coefficient (Wildman–Crippen LogP) is 1.71. The first kappa shape index (κ1) is 23.4. The molecular formula is C18H31IN6O2. The Labute approximate surface area is 178 Å². The number of nitrogens with zero attached hydrogens (tertiary/aromatic N) is 5. The van der Waals surface area contributed by atoms with E-state index in [1.807, 2.05) is 29.9 Å². The van der Waals surface area contributed by atoms with Crippen molar-refractivity contribution in [1.29, 1.82) is 0 Å². The van der Waals surface area contributed by atoms with Crippen molar-refractivity contribution in [3.8, 4) is 0 Å². The van der Waals surface area contributed by atoms with Crippen molar-refractivity contribution >= 4 is 41.8 Å². The van der Waals surface area contributed by atoms with Crippen molar-refractivity contribution in [3.05, 3.63) is 17.5 Å². The summed E-state index contributed by atoms with van der Waals surface area (Å²) in [5, 5.41) is 7.77. The minimum absolute atomic E-state index is 0. The molecule has 2 rings (SSSR count). The van der Waals surface area contributed by atoms with E-state index in [9.17, 15) is 9.59 Å². The summed E-state index contributed by atoms with van der Waals surface area (Å²) in [5.74, 6) is 0.915. The summed E-state index contributed by atoms with van der Waals surface area (Å²) < 4.78 is 1.84. The van der Waals surface area contributed by atoms with Gasteiger partial charge in [0.1, 0.15) is 0 Å². The molecule has 1 N–H and O–H groups in total. The highest BCUT2D eigenvalue weighted by atomic mass is 127. The molecule has 0 radical (unpaired) electrons. The topological polar surface area (TPSA) is 82.8 Å². The van der Waals surface area contributed by atoms with Gasteiger partial charge in [-0.15, -0.1) is 24.0 Å². The maximum absolute atomic E-state index is 11.9. The molecule has 1 fully saturated rings. The lowest BCUT2D eigenvalue weighted by molar-refractivity contribution is -0.147. The molecule has 0 aliphatic carbocycles. The molecule has 0 unspecified atom stereocenters. The summed E-state index contributed by atoms with van der Waals surface area (Å²) in [6.07, 6.45) is 3.61. The summed E-state index contributed by atoms with van der Waals surface area (Å²) in [7, 11) is 5.61. The maximum Gasteiger partial charge on any atom is 0.229 e. The molecule has 152 valence electrons. The van der Waals surface area contributed by atoms with Crippen molar-refractivity contribution in [3.63, 3.8) is 0 Å². The van der Waals surface area contributed by atoms with Crippen LogP contribution < -0.4 is 5.32 Å². The van der Waals surface area contributed by atoms with Gasteiger partial charge in [0.15, 0.2) is 5.96 Å². The van der Waals surface area contributed by atoms with E-state index >= 15 is 0 Å². The summed E-state index contributed by atoms with van der Waals surface area (Å²) in [4.78, 5) is 31.4. The normalized spacial score (nSPS) is 15.2. The number of carbonyl (C=O) groups is 2. The third kappa shape index (κ3) is 6.18. The van der Waals surface area contributed by atoms with E-state index in [2.05, 4.69) is 29.3 Å². The molecule has 27 heavy (non-hydrogen) atoms. The number of hydrogen-bond donors (Lipinski definition) is 1. The van der Waals surface area contributed by atoms with E-state index in [4.69, 9.17) is 0 Å². The predicted molar refractivity (Wildman–Crippen MR) is 116 cm³/mol. The highest BCUT2D eigenvalue weighted by Gasteiger charge is 2.25. The minimum Gasteiger partial charge on any atom is -0.354 e. The third-order valence-electron chi connectivity index (χ3n) is 4.47. The summed E-state index contributed by atoms with van der Waals surface area (Å²) in [5.41, 5.74) is 2.24. The van der Waals surface area contributed by atoms with Crippen LogP contribution in [0.15, 0.2) is 11.2 Å². The molecule has 0 saturated carbocycles. The van der Waals surface area contributed by atoms with Gasteiger partial charge in [-0.05, 0) is 12.3 Å². The van der Waals surface area contributed by atoms with Crippen LogP contribution in [-0.4, -0.2) is 64.5 Å². The first-order valence-corrected chi connectivity index (χ1v) is 9.10. The Morgan fingerprint density at radius 3 is 2.52 bits per heavy atom. The summed E-state index contributed by atoms with van der Waals surface area (Å²) >= 11 is 0. The van der Waals surface area contributed by atoms with Crippen molar-refractivity contribution in [2.75, 3.05) is 27.2 Å². The monoisotopic (exact) mass is 490 g/mol. The highest BCUT2D eigenvalue weighted by molar-refractivity contribution is 14.0. The van der Waals surface area contributed by atoms with Crippen LogP contribution in [0.5, 0.6) is 0 Å². The number of aromatic nitrogens is 2. The Bertz CT molecular complexity index is 669. The zero-order valence-corrected chi connectivity index (χ0v) is 19.2. The highest BCUT2D eigenvalue weighted by Crippen LogP contribution is 2.18. The second-order valence-corrected chi connectivity index (χ2v) is 6.99. The SMILES string of the molecule is CN=C(NCCN1C(=O)CCCC1=O)N(C)Cc1cn(C)nc1C(C)C.I. The summed E-state index contributed by atoms with van der Waals surface area (Å²) in [6, 6.07) is 0. The number of piperidine rings is 1. The maximum atomic E-state index is 11.9. The number of aryl methyl sites for hydroxylation is 1. The van der Waals surface area contributed by atoms with Gasteiger partial charge in [0.05, 0.1) is 5.69 Å². The molecule has 0 spiro atoms. The lowest BCUT2D eigenvalue weighted by Crippen LogP contribution is -2.46. The zero-order chi connectivity index (χ0) is 19.3. The Balaban J connectivity index is 0.00000364. The molecule has 2 amide bonds. The lowest BCUT2D eigenvalue weighted by Gasteiger charge is -2.26. The van der Waals surface area contributed by atoms with E-state index in [1.54, 1.807) is 7.05 Å². The number of hydrogen-bond acceptors (Lipinski definition) is 4. The number of imide groups is 1. The fourth-order valence-electron chi connectivity index (χ4n) is 3.21. The van der Waals surface area contributed by atoms with Crippen molar-refractivity contribution < 1.29 is 9.59 Å². The molecule has 1 aliphatic rings. The number of halogens is 1. The van der Waals surface area contributed by atoms with Crippen LogP contribution in [0.25, 0.3) is 0 Å². The van der Waals surface area contributed by atoms with E-state index in [1.165, 1.54) is 4.90 Å². The van der Waals surface area contributed by atoms with Gasteiger partial charge in [0.25, 0.3) is 0 Å². The fraction of sp³-hybridized carbons (Fsp3) is 0.667. The van der Waals surface area contributed by atoms with Crippen LogP contribution in [-0.2, 0) is 23.2 Å². The van der Waals surface area contributed by atoms with Crippen LogP contribution in [0.3, 0.4) is 0 Å². The molecule has 0 bridgehead atoms. The Morgan fingerprint density at radius 2 is 1.96 bits per heavy atom. The molecule has 0 aromatic carbocycles. The number of amides is 2. The quantitative estimate of drug-likeness (QED) is 0.284. The van der Waals surface area contributed by atoms with Gasteiger partial charge in [0, 0.05) is 65.4 Å². The zero-order valence-electron chi connectivity index (χ0n) is 16.9. The average molecular weight is 490 g/mol. The molecule has 8 nitrogen and oxygen atoms in total. The van der Waals surface area contributed by atoms with Crippen molar-refractivity contribution in [1.82, 2.24) is 24.9 Å². The standard InChI is InChI=1S/C18H30N6O2.HI/c1-13(2)17-14(12-23(5)21-17)11-22(4)18(19-3)20-9-10-24-15(25)7-6-8-16(24)26;/h12-13H,6-11H2,1-5H3,(H,19,20);1H. The largest absolute Gasteiger partial charge is 0.354 e. The number of guanidine groups is 1. The van der Waals surface area contributed by atoms with E-state index in [-0.39, 0.29) is 35.8 Å². The molecule has 2 heterocycles. The van der Waals surface area contributed by atoms with Gasteiger partial charge in [-0.3, -0.25) is 24.2 Å². The minimum atomic E-state index is -0.0803. The van der Waals surface area contributed by atoms with Gasteiger partial charge in [-0.25, -0.2) is 0 Å². The van der Waals surface area contributed by atoms with Gasteiger partial charge >= 0.3 is 0 Å². The van der Waals surface area contributed by atoms with Crippen molar-refractivity contribution in [2.24, 2.45) is 12.0 Å². The molecule has 0 atom stereocenters. The number of rotatable bonds is 6. The van der Waals surface area contributed by atoms with Gasteiger partial charge in [0.2, 0.25) is 11.8 Å².